The zero-order chi connectivity index (χ0) is 19.1. The molecule has 0 saturated carbocycles. The molecule has 0 radical (unpaired) electrons. The van der Waals surface area contributed by atoms with E-state index >= 15 is 0 Å². The smallest absolute Gasteiger partial charge is 0.138 e. The van der Waals surface area contributed by atoms with Crippen molar-refractivity contribution >= 4 is 41.3 Å². The number of benzene rings is 3. The van der Waals surface area contributed by atoms with Crippen molar-refractivity contribution in [1.29, 1.82) is 0 Å². The highest BCUT2D eigenvalue weighted by Gasteiger charge is 2.14. The maximum atomic E-state index is 10.5. The Hall–Kier alpha value is -1.91. The summed E-state index contributed by atoms with van der Waals surface area (Å²) in [5, 5.41) is 11.5. The van der Waals surface area contributed by atoms with Gasteiger partial charge in [0.15, 0.2) is 0 Å². The summed E-state index contributed by atoms with van der Waals surface area (Å²) in [4.78, 5) is 2.13. The van der Waals surface area contributed by atoms with Crippen LogP contribution in [0.25, 0.3) is 0 Å². The summed E-state index contributed by atoms with van der Waals surface area (Å²) in [6.45, 7) is 1.27. The first-order valence-electron chi connectivity index (χ1n) is 8.71. The predicted octanol–water partition coefficient (Wildman–Crippen LogP) is 5.86. The number of anilines is 1. The molecule has 0 amide bonds. The van der Waals surface area contributed by atoms with Crippen LogP contribution in [-0.4, -0.2) is 24.4 Å². The van der Waals surface area contributed by atoms with Gasteiger partial charge in [0.05, 0.1) is 5.02 Å². The van der Waals surface area contributed by atoms with Gasteiger partial charge in [-0.2, -0.15) is 0 Å². The first kappa shape index (κ1) is 22.4. The van der Waals surface area contributed by atoms with Crippen LogP contribution >= 0.6 is 35.6 Å². The van der Waals surface area contributed by atoms with Gasteiger partial charge in [0, 0.05) is 23.8 Å². The Morgan fingerprint density at radius 1 is 0.893 bits per heavy atom. The summed E-state index contributed by atoms with van der Waals surface area (Å²) in [5.74, 6) is 0.509. The summed E-state index contributed by atoms with van der Waals surface area (Å²) in [7, 11) is 0. The Balaban J connectivity index is 0.00000280. The molecule has 3 rings (SSSR count). The van der Waals surface area contributed by atoms with Crippen LogP contribution in [0, 0.1) is 0 Å². The number of rotatable bonds is 8. The molecule has 1 N–H and O–H groups in total. The lowest BCUT2D eigenvalue weighted by Gasteiger charge is -2.27. The fraction of sp³-hybridized carbons (Fsp3) is 0.182. The van der Waals surface area contributed by atoms with Crippen molar-refractivity contribution < 1.29 is 9.84 Å². The van der Waals surface area contributed by atoms with E-state index in [2.05, 4.69) is 17.0 Å². The lowest BCUT2D eigenvalue weighted by atomic mass is 10.2. The van der Waals surface area contributed by atoms with Crippen LogP contribution in [0.15, 0.2) is 78.9 Å². The summed E-state index contributed by atoms with van der Waals surface area (Å²) in [6.07, 6.45) is -0.680. The number of para-hydroxylation sites is 1. The number of hydrogen-bond donors (Lipinski definition) is 1. The number of halogens is 3. The van der Waals surface area contributed by atoms with Crippen LogP contribution in [0.3, 0.4) is 0 Å². The molecule has 0 aliphatic rings. The Labute approximate surface area is 181 Å². The topological polar surface area (TPSA) is 32.7 Å². The van der Waals surface area contributed by atoms with Crippen LogP contribution in [0.2, 0.25) is 10.0 Å². The molecule has 0 spiro atoms. The van der Waals surface area contributed by atoms with E-state index in [0.717, 1.165) is 5.69 Å². The third-order valence-electron chi connectivity index (χ3n) is 4.09. The van der Waals surface area contributed by atoms with Crippen LogP contribution in [-0.2, 0) is 6.54 Å². The largest absolute Gasteiger partial charge is 0.489 e. The molecule has 6 heteroatoms. The van der Waals surface area contributed by atoms with E-state index in [-0.39, 0.29) is 19.0 Å². The molecule has 3 nitrogen and oxygen atoms in total. The SMILES string of the molecule is Cl.OC(COc1ccc(Cl)cc1Cl)CN(Cc1ccccc1)c1ccccc1. The highest BCUT2D eigenvalue weighted by atomic mass is 35.5. The minimum Gasteiger partial charge on any atom is -0.489 e. The van der Waals surface area contributed by atoms with Gasteiger partial charge < -0.3 is 14.7 Å². The fourth-order valence-corrected chi connectivity index (χ4v) is 3.25. The molecule has 0 aliphatic heterocycles. The van der Waals surface area contributed by atoms with Gasteiger partial charge in [-0.3, -0.25) is 0 Å². The van der Waals surface area contributed by atoms with Crippen molar-refractivity contribution in [3.8, 4) is 5.75 Å². The molecule has 148 valence electrons. The Bertz CT molecular complexity index is 847. The maximum absolute atomic E-state index is 10.5. The number of aliphatic hydroxyl groups is 1. The molecule has 3 aromatic carbocycles. The quantitative estimate of drug-likeness (QED) is 0.478. The van der Waals surface area contributed by atoms with Crippen molar-refractivity contribution in [2.75, 3.05) is 18.1 Å². The highest BCUT2D eigenvalue weighted by Crippen LogP contribution is 2.27. The maximum Gasteiger partial charge on any atom is 0.138 e. The minimum absolute atomic E-state index is 0. The van der Waals surface area contributed by atoms with E-state index in [1.807, 2.05) is 48.5 Å². The van der Waals surface area contributed by atoms with Crippen molar-refractivity contribution in [3.63, 3.8) is 0 Å². The molecule has 1 unspecified atom stereocenters. The number of nitrogens with zero attached hydrogens (tertiary/aromatic N) is 1. The zero-order valence-corrected chi connectivity index (χ0v) is 17.5. The lowest BCUT2D eigenvalue weighted by molar-refractivity contribution is 0.112. The van der Waals surface area contributed by atoms with Crippen molar-refractivity contribution in [2.24, 2.45) is 0 Å². The van der Waals surface area contributed by atoms with E-state index < -0.39 is 6.10 Å². The van der Waals surface area contributed by atoms with Gasteiger partial charge in [-0.1, -0.05) is 71.7 Å². The normalized spacial score (nSPS) is 11.4. The number of ether oxygens (including phenoxy) is 1. The van der Waals surface area contributed by atoms with E-state index in [4.69, 9.17) is 27.9 Å². The molecule has 0 aromatic heterocycles. The monoisotopic (exact) mass is 437 g/mol. The molecule has 0 fully saturated rings. The van der Waals surface area contributed by atoms with Crippen LogP contribution < -0.4 is 9.64 Å². The second-order valence-corrected chi connectivity index (χ2v) is 7.08. The average molecular weight is 439 g/mol. The highest BCUT2D eigenvalue weighted by molar-refractivity contribution is 6.35. The van der Waals surface area contributed by atoms with Crippen molar-refractivity contribution in [1.82, 2.24) is 0 Å². The van der Waals surface area contributed by atoms with E-state index in [0.29, 0.717) is 28.9 Å². The van der Waals surface area contributed by atoms with Crippen LogP contribution in [0.5, 0.6) is 5.75 Å². The Morgan fingerprint density at radius 3 is 2.18 bits per heavy atom. The first-order valence-corrected chi connectivity index (χ1v) is 9.47. The molecular formula is C22H22Cl3NO2. The molecule has 3 aromatic rings. The first-order chi connectivity index (χ1) is 13.1. The standard InChI is InChI=1S/C22H21Cl2NO2.ClH/c23-18-11-12-22(21(24)13-18)27-16-20(26)15-25(19-9-5-2-6-10-19)14-17-7-3-1-4-8-17;/h1-13,20,26H,14-16H2;1H. The second kappa shape index (κ2) is 11.2. The molecular weight excluding hydrogens is 417 g/mol. The molecule has 1 atom stereocenters. The Kier molecular flexibility index (Phi) is 8.94. The summed E-state index contributed by atoms with van der Waals surface area (Å²) in [6, 6.07) is 25.2. The van der Waals surface area contributed by atoms with E-state index in [9.17, 15) is 5.11 Å². The van der Waals surface area contributed by atoms with Gasteiger partial charge in [0.25, 0.3) is 0 Å². The molecule has 0 bridgehead atoms. The fourth-order valence-electron chi connectivity index (χ4n) is 2.79. The van der Waals surface area contributed by atoms with Crippen LogP contribution in [0.1, 0.15) is 5.56 Å². The minimum atomic E-state index is -0.680. The third-order valence-corrected chi connectivity index (χ3v) is 4.62. The molecule has 0 heterocycles. The number of aliphatic hydroxyl groups excluding tert-OH is 1. The number of hydrogen-bond acceptors (Lipinski definition) is 3. The summed E-state index contributed by atoms with van der Waals surface area (Å²) >= 11 is 12.0. The third kappa shape index (κ3) is 6.61. The van der Waals surface area contributed by atoms with Gasteiger partial charge in [-0.15, -0.1) is 12.4 Å². The summed E-state index contributed by atoms with van der Waals surface area (Å²) in [5.41, 5.74) is 2.22. The molecule has 0 saturated heterocycles. The second-order valence-electron chi connectivity index (χ2n) is 6.24. The van der Waals surface area contributed by atoms with Gasteiger partial charge >= 0.3 is 0 Å². The van der Waals surface area contributed by atoms with Crippen LogP contribution in [0.4, 0.5) is 5.69 Å². The van der Waals surface area contributed by atoms with Gasteiger partial charge in [0.1, 0.15) is 18.5 Å². The van der Waals surface area contributed by atoms with Crippen molar-refractivity contribution in [2.45, 2.75) is 12.6 Å². The molecule has 28 heavy (non-hydrogen) atoms. The van der Waals surface area contributed by atoms with Gasteiger partial charge in [-0.05, 0) is 35.9 Å². The zero-order valence-electron chi connectivity index (χ0n) is 15.2. The summed E-state index contributed by atoms with van der Waals surface area (Å²) < 4.78 is 5.67. The van der Waals surface area contributed by atoms with Gasteiger partial charge in [-0.25, -0.2) is 0 Å². The Morgan fingerprint density at radius 2 is 1.54 bits per heavy atom. The van der Waals surface area contributed by atoms with E-state index in [1.165, 1.54) is 5.56 Å². The average Bonchev–Trinajstić information content (AvgIpc) is 2.68. The van der Waals surface area contributed by atoms with E-state index in [1.54, 1.807) is 18.2 Å². The molecule has 0 aliphatic carbocycles. The predicted molar refractivity (Wildman–Crippen MR) is 119 cm³/mol. The van der Waals surface area contributed by atoms with Crippen molar-refractivity contribution in [3.05, 3.63) is 94.5 Å². The van der Waals surface area contributed by atoms with Gasteiger partial charge in [0.2, 0.25) is 0 Å². The lowest BCUT2D eigenvalue weighted by Crippen LogP contribution is -2.35.